The van der Waals surface area contributed by atoms with Gasteiger partial charge in [0.1, 0.15) is 11.4 Å². The fourth-order valence-electron chi connectivity index (χ4n) is 4.43. The Balaban J connectivity index is 1.43. The number of nitrogens with zero attached hydrogens (tertiary/aromatic N) is 2. The van der Waals surface area contributed by atoms with E-state index in [2.05, 4.69) is 10.4 Å². The van der Waals surface area contributed by atoms with E-state index < -0.39 is 17.7 Å². The van der Waals surface area contributed by atoms with Crippen molar-refractivity contribution in [2.45, 2.75) is 71.5 Å². The minimum Gasteiger partial charge on any atom is -0.461 e. The molecular weight excluding hydrogens is 453 g/mol. The zero-order valence-electron chi connectivity index (χ0n) is 20.9. The lowest BCUT2D eigenvalue weighted by atomic mass is 10.0. The molecular formula is C26H34FN3O5. The number of alkyl carbamates (subject to hydrolysis) is 1. The molecule has 0 bridgehead atoms. The van der Waals surface area contributed by atoms with Crippen LogP contribution in [0.15, 0.2) is 24.3 Å². The van der Waals surface area contributed by atoms with Gasteiger partial charge >= 0.3 is 12.1 Å². The molecule has 2 aliphatic rings. The summed E-state index contributed by atoms with van der Waals surface area (Å²) in [5.41, 5.74) is 2.08. The molecule has 0 aliphatic heterocycles. The van der Waals surface area contributed by atoms with Gasteiger partial charge in [0.2, 0.25) is 0 Å². The standard InChI is InChI=1S/C26H34FN3O5/c1-5-33-23(31)22-21-19(30(29-22)18-8-6-17(27)7-9-18)10-11-20(21)34-16-26(12-13-26)14-15-28-24(32)35-25(2,3)4/h6-9,20H,5,10-16H2,1-4H3,(H,28,32). The Morgan fingerprint density at radius 2 is 1.94 bits per heavy atom. The molecule has 1 aromatic carbocycles. The van der Waals surface area contributed by atoms with Crippen LogP contribution in [0.1, 0.15) is 81.2 Å². The molecule has 0 radical (unpaired) electrons. The molecule has 1 aromatic heterocycles. The number of rotatable bonds is 9. The van der Waals surface area contributed by atoms with Gasteiger partial charge in [0.25, 0.3) is 0 Å². The quantitative estimate of drug-likeness (QED) is 0.507. The zero-order valence-corrected chi connectivity index (χ0v) is 20.9. The highest BCUT2D eigenvalue weighted by Gasteiger charge is 2.44. The van der Waals surface area contributed by atoms with Gasteiger partial charge in [-0.05, 0) is 89.5 Å². The summed E-state index contributed by atoms with van der Waals surface area (Å²) in [6.07, 6.45) is 3.59. The van der Waals surface area contributed by atoms with E-state index in [0.717, 1.165) is 36.9 Å². The Labute approximate surface area is 205 Å². The largest absolute Gasteiger partial charge is 0.461 e. The molecule has 35 heavy (non-hydrogen) atoms. The van der Waals surface area contributed by atoms with Crippen molar-refractivity contribution in [3.63, 3.8) is 0 Å². The zero-order chi connectivity index (χ0) is 25.2. The molecule has 0 spiro atoms. The molecule has 190 valence electrons. The summed E-state index contributed by atoms with van der Waals surface area (Å²) in [6, 6.07) is 6.03. The van der Waals surface area contributed by atoms with Crippen LogP contribution in [0.3, 0.4) is 0 Å². The monoisotopic (exact) mass is 487 g/mol. The topological polar surface area (TPSA) is 91.7 Å². The van der Waals surface area contributed by atoms with E-state index in [1.54, 1.807) is 23.7 Å². The van der Waals surface area contributed by atoms with Crippen molar-refractivity contribution in [1.29, 1.82) is 0 Å². The fourth-order valence-corrected chi connectivity index (χ4v) is 4.43. The van der Waals surface area contributed by atoms with Gasteiger partial charge in [0.15, 0.2) is 5.69 Å². The number of nitrogens with one attached hydrogen (secondary N) is 1. The molecule has 2 aliphatic carbocycles. The summed E-state index contributed by atoms with van der Waals surface area (Å²) in [7, 11) is 0. The smallest absolute Gasteiger partial charge is 0.407 e. The van der Waals surface area contributed by atoms with Crippen molar-refractivity contribution >= 4 is 12.1 Å². The van der Waals surface area contributed by atoms with Gasteiger partial charge in [-0.15, -0.1) is 0 Å². The molecule has 1 unspecified atom stereocenters. The molecule has 4 rings (SSSR count). The van der Waals surface area contributed by atoms with E-state index in [1.165, 1.54) is 12.1 Å². The Morgan fingerprint density at radius 3 is 2.57 bits per heavy atom. The molecule has 8 nitrogen and oxygen atoms in total. The number of benzene rings is 1. The van der Waals surface area contributed by atoms with Crippen molar-refractivity contribution in [2.24, 2.45) is 5.41 Å². The predicted molar refractivity (Wildman–Crippen MR) is 127 cm³/mol. The average molecular weight is 488 g/mol. The van der Waals surface area contributed by atoms with Crippen molar-refractivity contribution in [3.05, 3.63) is 47.0 Å². The van der Waals surface area contributed by atoms with Crippen molar-refractivity contribution in [1.82, 2.24) is 15.1 Å². The van der Waals surface area contributed by atoms with Crippen LogP contribution in [0.2, 0.25) is 0 Å². The van der Waals surface area contributed by atoms with Crippen molar-refractivity contribution < 1.29 is 28.2 Å². The molecule has 1 heterocycles. The summed E-state index contributed by atoms with van der Waals surface area (Å²) in [6.45, 7) is 8.56. The van der Waals surface area contributed by atoms with Crippen molar-refractivity contribution in [2.75, 3.05) is 19.8 Å². The first-order valence-electron chi connectivity index (χ1n) is 12.2. The van der Waals surface area contributed by atoms with Crippen LogP contribution in [0.25, 0.3) is 5.69 Å². The lowest BCUT2D eigenvalue weighted by molar-refractivity contribution is 0.0176. The summed E-state index contributed by atoms with van der Waals surface area (Å²) in [4.78, 5) is 24.6. The second-order valence-electron chi connectivity index (χ2n) is 10.3. The highest BCUT2D eigenvalue weighted by Crippen LogP contribution is 2.50. The van der Waals surface area contributed by atoms with Crippen LogP contribution >= 0.6 is 0 Å². The van der Waals surface area contributed by atoms with Crippen LogP contribution in [0, 0.1) is 11.2 Å². The maximum atomic E-state index is 13.4. The molecule has 1 atom stereocenters. The van der Waals surface area contributed by atoms with Gasteiger partial charge < -0.3 is 19.5 Å². The van der Waals surface area contributed by atoms with Gasteiger partial charge in [-0.2, -0.15) is 5.10 Å². The highest BCUT2D eigenvalue weighted by atomic mass is 19.1. The third-order valence-corrected chi connectivity index (χ3v) is 6.40. The SMILES string of the molecule is CCOC(=O)c1nn(-c2ccc(F)cc2)c2c1C(OCC1(CCNC(=O)OC(C)(C)C)CC1)CC2. The van der Waals surface area contributed by atoms with Crippen LogP contribution in [-0.4, -0.2) is 47.2 Å². The van der Waals surface area contributed by atoms with E-state index in [4.69, 9.17) is 14.2 Å². The number of halogens is 1. The first kappa shape index (κ1) is 25.2. The molecule has 1 N–H and O–H groups in total. The lowest BCUT2D eigenvalue weighted by Gasteiger charge is -2.22. The van der Waals surface area contributed by atoms with Crippen LogP contribution in [0.4, 0.5) is 9.18 Å². The van der Waals surface area contributed by atoms with Crippen LogP contribution in [-0.2, 0) is 20.6 Å². The highest BCUT2D eigenvalue weighted by molar-refractivity contribution is 5.89. The fraction of sp³-hybridized carbons (Fsp3) is 0.577. The number of ether oxygens (including phenoxy) is 3. The van der Waals surface area contributed by atoms with E-state index in [0.29, 0.717) is 25.3 Å². The summed E-state index contributed by atoms with van der Waals surface area (Å²) < 4.78 is 32.1. The second kappa shape index (κ2) is 9.97. The molecule has 9 heteroatoms. The third kappa shape index (κ3) is 6.01. The normalized spacial score (nSPS) is 18.1. The number of fused-ring (bicyclic) bond motifs is 1. The van der Waals surface area contributed by atoms with Gasteiger partial charge in [-0.1, -0.05) is 0 Å². The number of amides is 1. The van der Waals surface area contributed by atoms with E-state index >= 15 is 0 Å². The Hall–Kier alpha value is -2.94. The van der Waals surface area contributed by atoms with Gasteiger partial charge in [-0.25, -0.2) is 18.7 Å². The molecule has 1 amide bonds. The minimum atomic E-state index is -0.528. The summed E-state index contributed by atoms with van der Waals surface area (Å²) in [5.74, 6) is -0.817. The van der Waals surface area contributed by atoms with Gasteiger partial charge in [0.05, 0.1) is 30.7 Å². The van der Waals surface area contributed by atoms with E-state index in [1.807, 2.05) is 20.8 Å². The van der Waals surface area contributed by atoms with Gasteiger partial charge in [-0.3, -0.25) is 0 Å². The van der Waals surface area contributed by atoms with Gasteiger partial charge in [0, 0.05) is 12.1 Å². The summed E-state index contributed by atoms with van der Waals surface area (Å²) in [5, 5.41) is 7.36. The predicted octanol–water partition coefficient (Wildman–Crippen LogP) is 4.89. The Morgan fingerprint density at radius 1 is 1.23 bits per heavy atom. The Kier molecular flexibility index (Phi) is 7.17. The van der Waals surface area contributed by atoms with E-state index in [-0.39, 0.29) is 29.6 Å². The number of hydrogen-bond donors (Lipinski definition) is 1. The minimum absolute atomic E-state index is 0.0226. The number of esters is 1. The maximum Gasteiger partial charge on any atom is 0.407 e. The number of carbonyl (C=O) groups is 2. The second-order valence-corrected chi connectivity index (χ2v) is 10.3. The first-order chi connectivity index (χ1) is 16.6. The Bertz CT molecular complexity index is 1070. The van der Waals surface area contributed by atoms with Crippen molar-refractivity contribution in [3.8, 4) is 5.69 Å². The molecule has 1 saturated carbocycles. The number of aromatic nitrogens is 2. The summed E-state index contributed by atoms with van der Waals surface area (Å²) >= 11 is 0. The molecule has 1 fully saturated rings. The number of hydrogen-bond acceptors (Lipinski definition) is 6. The first-order valence-corrected chi connectivity index (χ1v) is 12.2. The van der Waals surface area contributed by atoms with E-state index in [9.17, 15) is 14.0 Å². The molecule has 2 aromatic rings. The van der Waals surface area contributed by atoms with Crippen LogP contribution < -0.4 is 5.32 Å². The molecule has 0 saturated heterocycles. The average Bonchev–Trinajstić information content (AvgIpc) is 3.26. The third-order valence-electron chi connectivity index (χ3n) is 6.40. The lowest BCUT2D eigenvalue weighted by Crippen LogP contribution is -2.34. The van der Waals surface area contributed by atoms with Crippen LogP contribution in [0.5, 0.6) is 0 Å². The number of carbonyl (C=O) groups excluding carboxylic acids is 2. The maximum absolute atomic E-state index is 13.4.